The molecular weight excluding hydrogens is 260 g/mol. The van der Waals surface area contributed by atoms with Crippen molar-refractivity contribution in [2.45, 2.75) is 11.8 Å². The molecule has 0 bridgehead atoms. The number of thioether (sulfide) groups is 1. The number of nitriles is 1. The van der Waals surface area contributed by atoms with Gasteiger partial charge in [0.2, 0.25) is 0 Å². The van der Waals surface area contributed by atoms with Gasteiger partial charge in [-0.15, -0.1) is 0 Å². The Kier molecular flexibility index (Phi) is 4.11. The molecule has 0 fully saturated rings. The number of carbonyl (C=O) groups excluding carboxylic acids is 1. The van der Waals surface area contributed by atoms with Crippen molar-refractivity contribution < 1.29 is 4.79 Å². The van der Waals surface area contributed by atoms with Crippen LogP contribution in [-0.2, 0) is 0 Å². The zero-order chi connectivity index (χ0) is 13.7. The zero-order valence-corrected chi connectivity index (χ0v) is 10.9. The Labute approximate surface area is 114 Å². The van der Waals surface area contributed by atoms with Crippen molar-refractivity contribution in [2.75, 3.05) is 5.32 Å². The number of aryl methyl sites for hydroxylation is 1. The van der Waals surface area contributed by atoms with Crippen molar-refractivity contribution in [3.05, 3.63) is 48.0 Å². The maximum absolute atomic E-state index is 11.9. The summed E-state index contributed by atoms with van der Waals surface area (Å²) in [4.78, 5) is 20.7. The molecule has 0 saturated heterocycles. The number of aromatic nitrogens is 2. The summed E-state index contributed by atoms with van der Waals surface area (Å²) in [5.41, 5.74) is 1.67. The lowest BCUT2D eigenvalue weighted by Gasteiger charge is -2.04. The highest BCUT2D eigenvalue weighted by Gasteiger charge is 2.07. The first-order valence-corrected chi connectivity index (χ1v) is 6.26. The number of rotatable bonds is 3. The van der Waals surface area contributed by atoms with Crippen molar-refractivity contribution in [3.63, 3.8) is 0 Å². The molecule has 6 heteroatoms. The Hall–Kier alpha value is -2.39. The Morgan fingerprint density at radius 3 is 2.58 bits per heavy atom. The van der Waals surface area contributed by atoms with Crippen molar-refractivity contribution in [3.8, 4) is 5.40 Å². The van der Waals surface area contributed by atoms with Crippen LogP contribution in [0.5, 0.6) is 0 Å². The number of hydrogen-bond acceptors (Lipinski definition) is 5. The number of nitrogens with one attached hydrogen (secondary N) is 1. The lowest BCUT2D eigenvalue weighted by molar-refractivity contribution is 0.102. The monoisotopic (exact) mass is 270 g/mol. The summed E-state index contributed by atoms with van der Waals surface area (Å²) in [6.07, 6.45) is 2.98. The number of nitrogens with zero attached hydrogens (tertiary/aromatic N) is 3. The minimum Gasteiger partial charge on any atom is -0.321 e. The fraction of sp³-hybridized carbons (Fsp3) is 0.0769. The van der Waals surface area contributed by atoms with Gasteiger partial charge in [-0.2, -0.15) is 5.26 Å². The highest BCUT2D eigenvalue weighted by Crippen LogP contribution is 2.19. The largest absolute Gasteiger partial charge is 0.321 e. The van der Waals surface area contributed by atoms with Gasteiger partial charge >= 0.3 is 0 Å². The number of hydrogen-bond donors (Lipinski definition) is 1. The summed E-state index contributed by atoms with van der Waals surface area (Å²) in [6.45, 7) is 1.81. The lowest BCUT2D eigenvalue weighted by atomic mass is 10.3. The topological polar surface area (TPSA) is 78.7 Å². The van der Waals surface area contributed by atoms with E-state index in [4.69, 9.17) is 5.26 Å². The molecule has 19 heavy (non-hydrogen) atoms. The number of thiocyanates is 1. The van der Waals surface area contributed by atoms with Crippen LogP contribution in [-0.4, -0.2) is 15.9 Å². The van der Waals surface area contributed by atoms with Gasteiger partial charge in [-0.25, -0.2) is 4.98 Å². The summed E-state index contributed by atoms with van der Waals surface area (Å²) in [6, 6.07) is 7.01. The molecule has 1 aromatic carbocycles. The molecule has 0 atom stereocenters. The van der Waals surface area contributed by atoms with Crippen LogP contribution in [0.4, 0.5) is 5.69 Å². The summed E-state index contributed by atoms with van der Waals surface area (Å²) in [7, 11) is 0. The summed E-state index contributed by atoms with van der Waals surface area (Å²) >= 11 is 1.07. The second-order valence-electron chi connectivity index (χ2n) is 3.71. The van der Waals surface area contributed by atoms with E-state index in [9.17, 15) is 4.79 Å². The van der Waals surface area contributed by atoms with Crippen LogP contribution in [0.25, 0.3) is 0 Å². The Bertz CT molecular complexity index is 617. The molecule has 1 N–H and O–H groups in total. The predicted octanol–water partition coefficient (Wildman–Crippen LogP) is 2.61. The number of benzene rings is 1. The summed E-state index contributed by atoms with van der Waals surface area (Å²) in [5.74, 6) is -0.312. The second-order valence-corrected chi connectivity index (χ2v) is 4.57. The molecule has 0 aliphatic heterocycles. The van der Waals surface area contributed by atoms with E-state index >= 15 is 0 Å². The quantitative estimate of drug-likeness (QED) is 0.685. The SMILES string of the molecule is Cc1cnc(C(=O)Nc2ccc(SC#N)cc2)cn1. The van der Waals surface area contributed by atoms with Gasteiger partial charge in [-0.1, -0.05) is 0 Å². The van der Waals surface area contributed by atoms with Gasteiger partial charge in [-0.05, 0) is 43.0 Å². The van der Waals surface area contributed by atoms with Gasteiger partial charge in [0.1, 0.15) is 11.1 Å². The first kappa shape index (κ1) is 13.1. The molecule has 2 rings (SSSR count). The van der Waals surface area contributed by atoms with E-state index in [1.165, 1.54) is 6.20 Å². The molecule has 2 aromatic rings. The average molecular weight is 270 g/mol. The lowest BCUT2D eigenvalue weighted by Crippen LogP contribution is -2.14. The first-order valence-electron chi connectivity index (χ1n) is 5.45. The van der Waals surface area contributed by atoms with Gasteiger partial charge in [0.25, 0.3) is 5.91 Å². The van der Waals surface area contributed by atoms with Crippen molar-refractivity contribution in [1.29, 1.82) is 5.26 Å². The molecule has 1 aromatic heterocycles. The van der Waals surface area contributed by atoms with Crippen LogP contribution in [0.3, 0.4) is 0 Å². The molecule has 0 aliphatic carbocycles. The fourth-order valence-electron chi connectivity index (χ4n) is 1.36. The third-order valence-electron chi connectivity index (χ3n) is 2.29. The predicted molar refractivity (Wildman–Crippen MR) is 72.6 cm³/mol. The minimum atomic E-state index is -0.312. The number of carbonyl (C=O) groups is 1. The summed E-state index contributed by atoms with van der Waals surface area (Å²) in [5, 5.41) is 13.2. The smallest absolute Gasteiger partial charge is 0.275 e. The van der Waals surface area contributed by atoms with Crippen LogP contribution >= 0.6 is 11.8 Å². The van der Waals surface area contributed by atoms with Gasteiger partial charge in [0.05, 0.1) is 11.9 Å². The Balaban J connectivity index is 2.06. The highest BCUT2D eigenvalue weighted by atomic mass is 32.2. The van der Waals surface area contributed by atoms with Gasteiger partial charge in [-0.3, -0.25) is 9.78 Å². The third kappa shape index (κ3) is 3.53. The summed E-state index contributed by atoms with van der Waals surface area (Å²) < 4.78 is 0. The molecule has 0 unspecified atom stereocenters. The van der Waals surface area contributed by atoms with Crippen LogP contribution in [0.2, 0.25) is 0 Å². The second kappa shape index (κ2) is 5.98. The van der Waals surface area contributed by atoms with Crippen LogP contribution in [0.15, 0.2) is 41.6 Å². The fourth-order valence-corrected chi connectivity index (χ4v) is 1.74. The van der Waals surface area contributed by atoms with E-state index in [0.717, 1.165) is 22.4 Å². The highest BCUT2D eigenvalue weighted by molar-refractivity contribution is 8.03. The van der Waals surface area contributed by atoms with Crippen LogP contribution in [0.1, 0.15) is 16.2 Å². The molecule has 94 valence electrons. The molecule has 0 saturated carbocycles. The van der Waals surface area contributed by atoms with Gasteiger partial charge < -0.3 is 5.32 Å². The normalized spacial score (nSPS) is 9.68. The Morgan fingerprint density at radius 2 is 2.00 bits per heavy atom. The van der Waals surface area contributed by atoms with Gasteiger partial charge in [0.15, 0.2) is 0 Å². The average Bonchev–Trinajstić information content (AvgIpc) is 2.42. The molecule has 1 heterocycles. The maximum Gasteiger partial charge on any atom is 0.275 e. The number of anilines is 1. The molecule has 0 aliphatic rings. The molecule has 0 spiro atoms. The molecular formula is C13H10N4OS. The van der Waals surface area contributed by atoms with Crippen molar-refractivity contribution in [1.82, 2.24) is 9.97 Å². The van der Waals surface area contributed by atoms with Crippen LogP contribution in [0, 0.1) is 17.6 Å². The zero-order valence-electron chi connectivity index (χ0n) is 10.1. The first-order chi connectivity index (χ1) is 9.19. The van der Waals surface area contributed by atoms with E-state index in [1.54, 1.807) is 37.4 Å². The Morgan fingerprint density at radius 1 is 1.26 bits per heavy atom. The van der Waals surface area contributed by atoms with E-state index in [1.807, 2.05) is 5.40 Å². The molecule has 1 amide bonds. The minimum absolute atomic E-state index is 0.265. The van der Waals surface area contributed by atoms with Gasteiger partial charge in [0, 0.05) is 16.8 Å². The molecule has 5 nitrogen and oxygen atoms in total. The van der Waals surface area contributed by atoms with Crippen molar-refractivity contribution >= 4 is 23.4 Å². The van der Waals surface area contributed by atoms with E-state index in [-0.39, 0.29) is 11.6 Å². The van der Waals surface area contributed by atoms with Crippen LogP contribution < -0.4 is 5.32 Å². The third-order valence-corrected chi connectivity index (χ3v) is 2.89. The molecule has 0 radical (unpaired) electrons. The standard InChI is InChI=1S/C13H10N4OS/c1-9-6-16-12(7-15-9)13(18)17-10-2-4-11(5-3-10)19-8-14/h2-7H,1H3,(H,17,18). The van der Waals surface area contributed by atoms with E-state index in [0.29, 0.717) is 5.69 Å². The van der Waals surface area contributed by atoms with E-state index in [2.05, 4.69) is 15.3 Å². The van der Waals surface area contributed by atoms with E-state index < -0.39 is 0 Å². The number of amides is 1. The maximum atomic E-state index is 11.9. The van der Waals surface area contributed by atoms with Crippen molar-refractivity contribution in [2.24, 2.45) is 0 Å².